The Bertz CT molecular complexity index is 484. The second-order valence-corrected chi connectivity index (χ2v) is 5.09. The van der Waals surface area contributed by atoms with Gasteiger partial charge in [0.05, 0.1) is 0 Å². The van der Waals surface area contributed by atoms with Crippen LogP contribution >= 0.6 is 0 Å². The minimum absolute atomic E-state index is 0.479. The van der Waals surface area contributed by atoms with Crippen LogP contribution in [0.15, 0.2) is 42.1 Å². The molecule has 0 aromatic heterocycles. The van der Waals surface area contributed by atoms with Crippen LogP contribution in [0.1, 0.15) is 36.5 Å². The second kappa shape index (κ2) is 4.99. The van der Waals surface area contributed by atoms with Crippen LogP contribution < -0.4 is 0 Å². The van der Waals surface area contributed by atoms with Crippen molar-refractivity contribution in [3.8, 4) is 0 Å². The molecule has 1 unspecified atom stereocenters. The van der Waals surface area contributed by atoms with Gasteiger partial charge in [0.2, 0.25) is 0 Å². The first-order valence-electron chi connectivity index (χ1n) is 6.75. The van der Waals surface area contributed by atoms with Crippen molar-refractivity contribution in [2.45, 2.75) is 25.4 Å². The zero-order valence-corrected chi connectivity index (χ0v) is 10.5. The number of aliphatic hydroxyl groups is 1. The van der Waals surface area contributed by atoms with E-state index in [-0.39, 0.29) is 0 Å². The standard InChI is InChI=1S/C16H19NO/c18-16-14(12-17-10-4-1-5-11-17)9-8-13-6-2-3-7-15(13)16/h2-3,6-9,12,16,18H,1,4-5,10-11H2. The molecule has 3 rings (SSSR count). The maximum absolute atomic E-state index is 10.4. The van der Waals surface area contributed by atoms with Gasteiger partial charge in [-0.15, -0.1) is 0 Å². The fraction of sp³-hybridized carbons (Fsp3) is 0.375. The largest absolute Gasteiger partial charge is 0.384 e. The van der Waals surface area contributed by atoms with Crippen molar-refractivity contribution in [3.05, 3.63) is 53.2 Å². The first-order valence-corrected chi connectivity index (χ1v) is 6.75. The normalized spacial score (nSPS) is 25.3. The summed E-state index contributed by atoms with van der Waals surface area (Å²) < 4.78 is 0. The lowest BCUT2D eigenvalue weighted by Gasteiger charge is -2.28. The number of piperidine rings is 1. The zero-order valence-electron chi connectivity index (χ0n) is 10.5. The van der Waals surface area contributed by atoms with Crippen molar-refractivity contribution in [2.75, 3.05) is 13.1 Å². The number of hydrogen-bond acceptors (Lipinski definition) is 2. The predicted molar refractivity (Wildman–Crippen MR) is 73.9 cm³/mol. The summed E-state index contributed by atoms with van der Waals surface area (Å²) in [4.78, 5) is 2.33. The Morgan fingerprint density at radius 2 is 1.83 bits per heavy atom. The average Bonchev–Trinajstić information content (AvgIpc) is 2.43. The zero-order chi connectivity index (χ0) is 12.4. The van der Waals surface area contributed by atoms with Gasteiger partial charge in [0.15, 0.2) is 0 Å². The first kappa shape index (κ1) is 11.5. The summed E-state index contributed by atoms with van der Waals surface area (Å²) in [5.41, 5.74) is 3.15. The maximum atomic E-state index is 10.4. The average molecular weight is 241 g/mol. The second-order valence-electron chi connectivity index (χ2n) is 5.09. The third-order valence-electron chi connectivity index (χ3n) is 3.78. The smallest absolute Gasteiger partial charge is 0.106 e. The van der Waals surface area contributed by atoms with Gasteiger partial charge in [-0.25, -0.2) is 0 Å². The Labute approximate surface area is 108 Å². The molecule has 1 atom stereocenters. The number of aliphatic hydroxyl groups excluding tert-OH is 1. The fourth-order valence-corrected chi connectivity index (χ4v) is 2.74. The molecule has 2 heteroatoms. The maximum Gasteiger partial charge on any atom is 0.106 e. The molecule has 1 heterocycles. The number of rotatable bonds is 1. The van der Waals surface area contributed by atoms with Gasteiger partial charge < -0.3 is 10.0 Å². The minimum Gasteiger partial charge on any atom is -0.384 e. The van der Waals surface area contributed by atoms with Crippen molar-refractivity contribution in [1.29, 1.82) is 0 Å². The molecule has 0 spiro atoms. The van der Waals surface area contributed by atoms with Crippen molar-refractivity contribution in [1.82, 2.24) is 4.90 Å². The molecule has 18 heavy (non-hydrogen) atoms. The SMILES string of the molecule is OC1C(=CN2CCCCC2)C=Cc2ccccc21. The molecule has 0 amide bonds. The molecule has 1 fully saturated rings. The van der Waals surface area contributed by atoms with Crippen molar-refractivity contribution in [2.24, 2.45) is 0 Å². The molecule has 0 saturated carbocycles. The van der Waals surface area contributed by atoms with Crippen LogP contribution in [0.4, 0.5) is 0 Å². The summed E-state index contributed by atoms with van der Waals surface area (Å²) in [5.74, 6) is 0. The van der Waals surface area contributed by atoms with E-state index >= 15 is 0 Å². The molecule has 1 aliphatic heterocycles. The third kappa shape index (κ3) is 2.21. The van der Waals surface area contributed by atoms with Crippen LogP contribution in [0.2, 0.25) is 0 Å². The van der Waals surface area contributed by atoms with E-state index in [1.54, 1.807) is 0 Å². The first-order chi connectivity index (χ1) is 8.84. The van der Waals surface area contributed by atoms with Gasteiger partial charge in [0, 0.05) is 24.9 Å². The highest BCUT2D eigenvalue weighted by atomic mass is 16.3. The van der Waals surface area contributed by atoms with Gasteiger partial charge in [-0.2, -0.15) is 0 Å². The predicted octanol–water partition coefficient (Wildman–Crippen LogP) is 3.12. The Balaban J connectivity index is 1.85. The number of fused-ring (bicyclic) bond motifs is 1. The van der Waals surface area contributed by atoms with E-state index in [0.29, 0.717) is 0 Å². The van der Waals surface area contributed by atoms with Gasteiger partial charge in [-0.05, 0) is 30.4 Å². The van der Waals surface area contributed by atoms with Crippen LogP contribution in [0.5, 0.6) is 0 Å². The summed E-state index contributed by atoms with van der Waals surface area (Å²) in [7, 11) is 0. The van der Waals surface area contributed by atoms with Gasteiger partial charge in [0.25, 0.3) is 0 Å². The van der Waals surface area contributed by atoms with E-state index in [1.165, 1.54) is 19.3 Å². The molecule has 0 radical (unpaired) electrons. The Hall–Kier alpha value is -1.54. The third-order valence-corrected chi connectivity index (χ3v) is 3.78. The van der Waals surface area contributed by atoms with Gasteiger partial charge in [-0.1, -0.05) is 36.4 Å². The van der Waals surface area contributed by atoms with Crippen LogP contribution in [0, 0.1) is 0 Å². The van der Waals surface area contributed by atoms with E-state index in [4.69, 9.17) is 0 Å². The number of hydrogen-bond donors (Lipinski definition) is 1. The van der Waals surface area contributed by atoms with Crippen LogP contribution in [0.25, 0.3) is 6.08 Å². The topological polar surface area (TPSA) is 23.5 Å². The van der Waals surface area contributed by atoms with E-state index in [0.717, 1.165) is 29.8 Å². The van der Waals surface area contributed by atoms with Crippen LogP contribution in [0.3, 0.4) is 0 Å². The lowest BCUT2D eigenvalue weighted by molar-refractivity contribution is 0.212. The highest BCUT2D eigenvalue weighted by Crippen LogP contribution is 2.31. The van der Waals surface area contributed by atoms with Gasteiger partial charge in [-0.3, -0.25) is 0 Å². The lowest BCUT2D eigenvalue weighted by Crippen LogP contribution is -2.25. The molecular weight excluding hydrogens is 222 g/mol. The highest BCUT2D eigenvalue weighted by Gasteiger charge is 2.19. The highest BCUT2D eigenvalue weighted by molar-refractivity contribution is 5.63. The summed E-state index contributed by atoms with van der Waals surface area (Å²) in [6, 6.07) is 8.05. The van der Waals surface area contributed by atoms with Gasteiger partial charge >= 0.3 is 0 Å². The summed E-state index contributed by atoms with van der Waals surface area (Å²) in [5, 5.41) is 10.4. The number of nitrogens with zero attached hydrogens (tertiary/aromatic N) is 1. The van der Waals surface area contributed by atoms with Crippen LogP contribution in [-0.4, -0.2) is 23.1 Å². The molecule has 1 aromatic carbocycles. The molecule has 0 bridgehead atoms. The van der Waals surface area contributed by atoms with Crippen molar-refractivity contribution >= 4 is 6.08 Å². The molecule has 2 aliphatic rings. The molecule has 94 valence electrons. The molecular formula is C16H19NO. The quantitative estimate of drug-likeness (QED) is 0.816. The molecule has 1 aliphatic carbocycles. The summed E-state index contributed by atoms with van der Waals surface area (Å²) in [6.07, 6.45) is 9.66. The van der Waals surface area contributed by atoms with Crippen molar-refractivity contribution in [3.63, 3.8) is 0 Å². The molecule has 1 N–H and O–H groups in total. The van der Waals surface area contributed by atoms with Gasteiger partial charge in [0.1, 0.15) is 6.10 Å². The molecule has 2 nitrogen and oxygen atoms in total. The molecule has 1 saturated heterocycles. The Kier molecular flexibility index (Phi) is 3.20. The summed E-state index contributed by atoms with van der Waals surface area (Å²) in [6.45, 7) is 2.23. The Morgan fingerprint density at radius 3 is 2.67 bits per heavy atom. The number of benzene rings is 1. The lowest BCUT2D eigenvalue weighted by atomic mass is 9.91. The van der Waals surface area contributed by atoms with E-state index < -0.39 is 6.10 Å². The monoisotopic (exact) mass is 241 g/mol. The van der Waals surface area contributed by atoms with E-state index in [2.05, 4.69) is 17.2 Å². The van der Waals surface area contributed by atoms with E-state index in [9.17, 15) is 5.11 Å². The molecule has 1 aromatic rings. The van der Waals surface area contributed by atoms with Crippen molar-refractivity contribution < 1.29 is 5.11 Å². The number of likely N-dealkylation sites (tertiary alicyclic amines) is 1. The van der Waals surface area contributed by atoms with Crippen LogP contribution in [-0.2, 0) is 0 Å². The van der Waals surface area contributed by atoms with E-state index in [1.807, 2.05) is 30.3 Å². The summed E-state index contributed by atoms with van der Waals surface area (Å²) >= 11 is 0. The Morgan fingerprint density at radius 1 is 1.06 bits per heavy atom. The minimum atomic E-state index is -0.479. The fourth-order valence-electron chi connectivity index (χ4n) is 2.74.